The number of aromatic amines is 1. The molecule has 0 aliphatic carbocycles. The number of carbonyl (C=O) groups is 1. The first kappa shape index (κ1) is 28.8. The van der Waals surface area contributed by atoms with Gasteiger partial charge < -0.3 is 20.9 Å². The lowest BCUT2D eigenvalue weighted by Gasteiger charge is -2.37. The summed E-state index contributed by atoms with van der Waals surface area (Å²) in [5.74, 6) is 0.582. The van der Waals surface area contributed by atoms with Crippen molar-refractivity contribution in [3.63, 3.8) is 0 Å². The van der Waals surface area contributed by atoms with E-state index in [1.807, 2.05) is 36.2 Å². The standard InChI is InChI=1S/C22H25Cl3N6O.2ClH/c1-30(19-5-3-16(24)22(25)29-19)8-9-31-7-6-14-15-10-13(23)2-4-17(15)28-21(14)18(31)12-27-20(32)11-26;;/h2-5,10,18,28H,6-9,11-12,26H2,1H3,(H,27,32);2*1H. The van der Waals surface area contributed by atoms with Crippen molar-refractivity contribution in [3.05, 3.63) is 56.8 Å². The van der Waals surface area contributed by atoms with Crippen LogP contribution in [0.4, 0.5) is 5.82 Å². The van der Waals surface area contributed by atoms with Crippen molar-refractivity contribution in [2.75, 3.05) is 44.7 Å². The second-order valence-electron chi connectivity index (χ2n) is 7.88. The van der Waals surface area contributed by atoms with Gasteiger partial charge in [-0.1, -0.05) is 34.8 Å². The van der Waals surface area contributed by atoms with Gasteiger partial charge in [0.2, 0.25) is 5.91 Å². The number of anilines is 1. The van der Waals surface area contributed by atoms with Crippen molar-refractivity contribution < 1.29 is 4.79 Å². The summed E-state index contributed by atoms with van der Waals surface area (Å²) in [5, 5.41) is 5.53. The van der Waals surface area contributed by atoms with Crippen molar-refractivity contribution >= 4 is 82.2 Å². The van der Waals surface area contributed by atoms with E-state index in [0.29, 0.717) is 16.6 Å². The molecule has 186 valence electrons. The number of likely N-dealkylation sites (N-methyl/N-ethyl adjacent to an activating group) is 1. The number of nitrogens with one attached hydrogen (secondary N) is 2. The fraction of sp³-hybridized carbons (Fsp3) is 0.364. The first-order valence-electron chi connectivity index (χ1n) is 10.4. The Bertz CT molecular complexity index is 1140. The number of halogens is 5. The van der Waals surface area contributed by atoms with Gasteiger partial charge in [-0.2, -0.15) is 0 Å². The molecule has 1 unspecified atom stereocenters. The van der Waals surface area contributed by atoms with Crippen LogP contribution in [0, 0.1) is 0 Å². The summed E-state index contributed by atoms with van der Waals surface area (Å²) in [6.45, 7) is 2.80. The molecular formula is C22H27Cl5N6O. The van der Waals surface area contributed by atoms with Gasteiger partial charge in [-0.15, -0.1) is 24.8 Å². The van der Waals surface area contributed by atoms with E-state index in [1.54, 1.807) is 6.07 Å². The maximum atomic E-state index is 11.9. The van der Waals surface area contributed by atoms with Crippen LogP contribution in [0.15, 0.2) is 30.3 Å². The monoisotopic (exact) mass is 566 g/mol. The second-order valence-corrected chi connectivity index (χ2v) is 9.08. The number of rotatable bonds is 7. The minimum absolute atomic E-state index is 0. The van der Waals surface area contributed by atoms with E-state index in [0.717, 1.165) is 48.5 Å². The number of hydrogen-bond acceptors (Lipinski definition) is 5. The molecule has 1 atom stereocenters. The Kier molecular flexibility index (Phi) is 10.6. The average Bonchev–Trinajstić information content (AvgIpc) is 3.15. The molecule has 1 aliphatic rings. The van der Waals surface area contributed by atoms with Crippen molar-refractivity contribution in [1.82, 2.24) is 20.2 Å². The highest BCUT2D eigenvalue weighted by Gasteiger charge is 2.30. The van der Waals surface area contributed by atoms with E-state index in [9.17, 15) is 4.79 Å². The largest absolute Gasteiger partial charge is 0.358 e. The molecule has 2 aromatic heterocycles. The van der Waals surface area contributed by atoms with E-state index in [-0.39, 0.29) is 48.5 Å². The molecular weight excluding hydrogens is 542 g/mol. The number of carbonyl (C=O) groups excluding carboxylic acids is 1. The predicted octanol–water partition coefficient (Wildman–Crippen LogP) is 4.48. The molecule has 3 aromatic rings. The Morgan fingerprint density at radius 1 is 1.26 bits per heavy atom. The van der Waals surface area contributed by atoms with Crippen LogP contribution in [0.25, 0.3) is 10.9 Å². The van der Waals surface area contributed by atoms with Gasteiger partial charge in [0.25, 0.3) is 0 Å². The third-order valence-electron chi connectivity index (χ3n) is 5.90. The van der Waals surface area contributed by atoms with Crippen LogP contribution in [0.1, 0.15) is 17.3 Å². The number of benzene rings is 1. The number of nitrogens with zero attached hydrogens (tertiary/aromatic N) is 3. The van der Waals surface area contributed by atoms with Crippen molar-refractivity contribution in [3.8, 4) is 0 Å². The highest BCUT2D eigenvalue weighted by atomic mass is 35.5. The zero-order valence-corrected chi connectivity index (χ0v) is 22.4. The topological polar surface area (TPSA) is 90.3 Å². The van der Waals surface area contributed by atoms with Gasteiger partial charge in [0.1, 0.15) is 11.0 Å². The van der Waals surface area contributed by atoms with Gasteiger partial charge in [-0.3, -0.25) is 9.69 Å². The molecule has 4 N–H and O–H groups in total. The Labute approximate surface area is 226 Å². The number of pyridine rings is 1. The zero-order chi connectivity index (χ0) is 22.8. The lowest BCUT2D eigenvalue weighted by molar-refractivity contribution is -0.120. The molecule has 1 amide bonds. The van der Waals surface area contributed by atoms with E-state index < -0.39 is 0 Å². The Hall–Kier alpha value is -1.45. The SMILES string of the molecule is CN(CCN1CCc2c([nH]c3ccc(Cl)cc23)C1CNC(=O)CN)c1ccc(Cl)c(Cl)n1.Cl.Cl. The van der Waals surface area contributed by atoms with Gasteiger partial charge in [0.05, 0.1) is 17.6 Å². The first-order valence-corrected chi connectivity index (χ1v) is 11.5. The van der Waals surface area contributed by atoms with E-state index >= 15 is 0 Å². The van der Waals surface area contributed by atoms with Crippen LogP contribution in [0.2, 0.25) is 15.2 Å². The van der Waals surface area contributed by atoms with Crippen LogP contribution in [-0.4, -0.2) is 60.5 Å². The third kappa shape index (κ3) is 6.21. The predicted molar refractivity (Wildman–Crippen MR) is 145 cm³/mol. The molecule has 0 saturated heterocycles. The van der Waals surface area contributed by atoms with Gasteiger partial charge in [0.15, 0.2) is 0 Å². The molecule has 0 fully saturated rings. The molecule has 1 aromatic carbocycles. The van der Waals surface area contributed by atoms with Crippen molar-refractivity contribution in [1.29, 1.82) is 0 Å². The summed E-state index contributed by atoms with van der Waals surface area (Å²) < 4.78 is 0. The van der Waals surface area contributed by atoms with Gasteiger partial charge in [0, 0.05) is 54.8 Å². The Morgan fingerprint density at radius 3 is 2.74 bits per heavy atom. The molecule has 0 spiro atoms. The van der Waals surface area contributed by atoms with Gasteiger partial charge >= 0.3 is 0 Å². The molecule has 0 bridgehead atoms. The third-order valence-corrected chi connectivity index (χ3v) is 6.83. The number of amides is 1. The van der Waals surface area contributed by atoms with Gasteiger partial charge in [-0.05, 0) is 42.3 Å². The fourth-order valence-electron chi connectivity index (χ4n) is 4.18. The molecule has 34 heavy (non-hydrogen) atoms. The molecule has 3 heterocycles. The smallest absolute Gasteiger partial charge is 0.233 e. The summed E-state index contributed by atoms with van der Waals surface area (Å²) in [6, 6.07) is 9.48. The van der Waals surface area contributed by atoms with Crippen LogP contribution >= 0.6 is 59.6 Å². The Balaban J connectivity index is 0.00000204. The minimum atomic E-state index is -0.173. The van der Waals surface area contributed by atoms with Crippen molar-refractivity contribution in [2.45, 2.75) is 12.5 Å². The zero-order valence-electron chi connectivity index (χ0n) is 18.5. The normalized spacial score (nSPS) is 15.3. The summed E-state index contributed by atoms with van der Waals surface area (Å²) in [7, 11) is 1.97. The Morgan fingerprint density at radius 2 is 2.03 bits per heavy atom. The van der Waals surface area contributed by atoms with Crippen LogP contribution in [-0.2, 0) is 11.2 Å². The van der Waals surface area contributed by atoms with Crippen LogP contribution in [0.5, 0.6) is 0 Å². The lowest BCUT2D eigenvalue weighted by atomic mass is 9.97. The van der Waals surface area contributed by atoms with Gasteiger partial charge in [-0.25, -0.2) is 4.98 Å². The second kappa shape index (κ2) is 12.5. The fourth-order valence-corrected chi connectivity index (χ4v) is 4.61. The molecule has 1 aliphatic heterocycles. The molecule has 0 radical (unpaired) electrons. The van der Waals surface area contributed by atoms with Crippen LogP contribution in [0.3, 0.4) is 0 Å². The molecule has 0 saturated carbocycles. The number of nitrogens with two attached hydrogens (primary N) is 1. The van der Waals surface area contributed by atoms with E-state index in [4.69, 9.17) is 40.5 Å². The summed E-state index contributed by atoms with van der Waals surface area (Å²) in [5.41, 5.74) is 8.92. The highest BCUT2D eigenvalue weighted by Crippen LogP contribution is 2.35. The minimum Gasteiger partial charge on any atom is -0.358 e. The summed E-state index contributed by atoms with van der Waals surface area (Å²) >= 11 is 18.3. The van der Waals surface area contributed by atoms with E-state index in [2.05, 4.69) is 20.2 Å². The summed E-state index contributed by atoms with van der Waals surface area (Å²) in [4.78, 5) is 24.2. The molecule has 7 nitrogen and oxygen atoms in total. The van der Waals surface area contributed by atoms with Crippen molar-refractivity contribution in [2.24, 2.45) is 5.73 Å². The molecule has 12 heteroatoms. The summed E-state index contributed by atoms with van der Waals surface area (Å²) in [6.07, 6.45) is 0.895. The lowest BCUT2D eigenvalue weighted by Crippen LogP contribution is -2.45. The number of fused-ring (bicyclic) bond motifs is 3. The highest BCUT2D eigenvalue weighted by molar-refractivity contribution is 6.41. The van der Waals surface area contributed by atoms with E-state index in [1.165, 1.54) is 5.56 Å². The quantitative estimate of drug-likeness (QED) is 0.366. The first-order chi connectivity index (χ1) is 15.4. The molecule has 4 rings (SSSR count). The number of hydrogen-bond donors (Lipinski definition) is 3. The number of aromatic nitrogens is 2. The van der Waals surface area contributed by atoms with Crippen LogP contribution < -0.4 is 16.0 Å². The maximum absolute atomic E-state index is 11.9. The number of H-pyrrole nitrogens is 1. The maximum Gasteiger partial charge on any atom is 0.233 e. The average molecular weight is 569 g/mol.